The summed E-state index contributed by atoms with van der Waals surface area (Å²) in [7, 11) is 0.113. The third-order valence-electron chi connectivity index (χ3n) is 4.70. The molecule has 1 amide bonds. The van der Waals surface area contributed by atoms with E-state index in [-0.39, 0.29) is 10.8 Å². The minimum absolute atomic E-state index is 0.0268. The van der Waals surface area contributed by atoms with Crippen LogP contribution in [0.25, 0.3) is 0 Å². The highest BCUT2D eigenvalue weighted by molar-refractivity contribution is 7.89. The molecule has 30 heavy (non-hydrogen) atoms. The summed E-state index contributed by atoms with van der Waals surface area (Å²) in [6, 6.07) is 13.1. The predicted octanol–water partition coefficient (Wildman–Crippen LogP) is 1.83. The fraction of sp³-hybridized carbons (Fsp3) is 0.200. The van der Waals surface area contributed by atoms with E-state index in [4.69, 9.17) is 17.4 Å². The van der Waals surface area contributed by atoms with Gasteiger partial charge in [0.2, 0.25) is 10.0 Å². The van der Waals surface area contributed by atoms with Gasteiger partial charge in [-0.3, -0.25) is 4.79 Å². The second kappa shape index (κ2) is 8.42. The second-order valence-electron chi connectivity index (χ2n) is 7.08. The Balaban J connectivity index is 1.89. The third kappa shape index (κ3) is 4.78. The summed E-state index contributed by atoms with van der Waals surface area (Å²) in [6.45, 7) is 1.79. The molecular formula is C20H23N5O3S2. The molecule has 10 heteroatoms. The number of amides is 1. The Bertz CT molecular complexity index is 1110. The fourth-order valence-electron chi connectivity index (χ4n) is 3.14. The van der Waals surface area contributed by atoms with E-state index in [1.54, 1.807) is 6.92 Å². The van der Waals surface area contributed by atoms with Crippen LogP contribution in [-0.4, -0.2) is 33.5 Å². The average Bonchev–Trinajstić information content (AvgIpc) is 2.67. The first-order valence-electron chi connectivity index (χ1n) is 9.06. The first-order chi connectivity index (χ1) is 14.1. The van der Waals surface area contributed by atoms with Crippen LogP contribution in [0.3, 0.4) is 0 Å². The largest absolute Gasteiger partial charge is 0.378 e. The van der Waals surface area contributed by atoms with Gasteiger partial charge in [0.1, 0.15) is 0 Å². The minimum Gasteiger partial charge on any atom is -0.378 e. The van der Waals surface area contributed by atoms with Crippen molar-refractivity contribution in [2.45, 2.75) is 17.9 Å². The average molecular weight is 446 g/mol. The topological polar surface area (TPSA) is 117 Å². The number of carbonyl (C=O) groups excluding carboxylic acids is 1. The molecule has 0 saturated carbocycles. The van der Waals surface area contributed by atoms with E-state index in [9.17, 15) is 13.2 Å². The minimum atomic E-state index is -3.80. The molecule has 1 aliphatic rings. The van der Waals surface area contributed by atoms with E-state index >= 15 is 0 Å². The summed E-state index contributed by atoms with van der Waals surface area (Å²) in [5.74, 6) is -0.333. The van der Waals surface area contributed by atoms with Crippen LogP contribution in [0.15, 0.2) is 64.7 Å². The summed E-state index contributed by atoms with van der Waals surface area (Å²) < 4.78 is 22.8. The second-order valence-corrected chi connectivity index (χ2v) is 9.05. The lowest BCUT2D eigenvalue weighted by Gasteiger charge is -2.30. The lowest BCUT2D eigenvalue weighted by molar-refractivity contribution is -0.113. The maximum Gasteiger partial charge on any atom is 0.255 e. The number of nitrogens with zero attached hydrogens (tertiary/aromatic N) is 1. The van der Waals surface area contributed by atoms with Crippen molar-refractivity contribution in [1.29, 1.82) is 0 Å². The Morgan fingerprint density at radius 3 is 2.23 bits per heavy atom. The van der Waals surface area contributed by atoms with Crippen molar-refractivity contribution in [2.75, 3.05) is 24.3 Å². The van der Waals surface area contributed by atoms with E-state index in [0.717, 1.165) is 11.3 Å². The molecule has 2 aromatic carbocycles. The van der Waals surface area contributed by atoms with E-state index in [0.29, 0.717) is 22.1 Å². The number of benzene rings is 2. The molecule has 0 fully saturated rings. The molecule has 8 nitrogen and oxygen atoms in total. The Hall–Kier alpha value is -2.95. The number of hydrogen-bond donors (Lipinski definition) is 4. The normalized spacial score (nSPS) is 16.5. The van der Waals surface area contributed by atoms with Gasteiger partial charge in [-0.25, -0.2) is 13.6 Å². The highest BCUT2D eigenvalue weighted by Gasteiger charge is 2.30. The lowest BCUT2D eigenvalue weighted by Crippen LogP contribution is -2.45. The Morgan fingerprint density at radius 2 is 1.70 bits per heavy atom. The number of hydrogen-bond acceptors (Lipinski definition) is 5. The van der Waals surface area contributed by atoms with Crippen molar-refractivity contribution in [3.05, 3.63) is 65.4 Å². The summed E-state index contributed by atoms with van der Waals surface area (Å²) >= 11 is 5.28. The Kier molecular flexibility index (Phi) is 6.11. The predicted molar refractivity (Wildman–Crippen MR) is 122 cm³/mol. The molecule has 0 aromatic heterocycles. The van der Waals surface area contributed by atoms with E-state index in [2.05, 4.69) is 16.0 Å². The highest BCUT2D eigenvalue weighted by atomic mass is 32.2. The molecule has 1 unspecified atom stereocenters. The standard InChI is InChI=1S/C20H23N5O3S2/c1-12-17(19(26)23-14-6-10-16(11-7-14)30(21,27)28)18(24-20(29)22-12)13-4-8-15(9-5-13)25(2)3/h4-11,18H,1-3H3,(H,23,26)(H2,21,27,28)(H2,22,24,29). The van der Waals surface area contributed by atoms with Gasteiger partial charge in [-0.15, -0.1) is 0 Å². The lowest BCUT2D eigenvalue weighted by atomic mass is 9.94. The van der Waals surface area contributed by atoms with Crippen molar-refractivity contribution in [1.82, 2.24) is 10.6 Å². The summed E-state index contributed by atoms with van der Waals surface area (Å²) in [6.07, 6.45) is 0. The fourth-order valence-corrected chi connectivity index (χ4v) is 3.92. The molecule has 0 aliphatic carbocycles. The first-order valence-corrected chi connectivity index (χ1v) is 11.0. The molecule has 1 heterocycles. The van der Waals surface area contributed by atoms with Crippen molar-refractivity contribution < 1.29 is 13.2 Å². The van der Waals surface area contributed by atoms with E-state index in [1.807, 2.05) is 43.3 Å². The van der Waals surface area contributed by atoms with Crippen LogP contribution in [0.4, 0.5) is 11.4 Å². The molecule has 158 valence electrons. The van der Waals surface area contributed by atoms with Crippen LogP contribution in [0.2, 0.25) is 0 Å². The molecule has 5 N–H and O–H groups in total. The summed E-state index contributed by atoms with van der Waals surface area (Å²) in [5, 5.41) is 14.5. The number of allylic oxidation sites excluding steroid dienone is 1. The Labute approximate surface area is 181 Å². The highest BCUT2D eigenvalue weighted by Crippen LogP contribution is 2.29. The van der Waals surface area contributed by atoms with Gasteiger partial charge in [-0.1, -0.05) is 12.1 Å². The zero-order chi connectivity index (χ0) is 22.1. The third-order valence-corrected chi connectivity index (χ3v) is 5.85. The number of rotatable bonds is 5. The maximum absolute atomic E-state index is 13.1. The number of thiocarbonyl (C=S) groups is 1. The van der Waals surface area contributed by atoms with Crippen molar-refractivity contribution in [3.8, 4) is 0 Å². The smallest absolute Gasteiger partial charge is 0.255 e. The summed E-state index contributed by atoms with van der Waals surface area (Å²) in [5.41, 5.74) is 3.49. The zero-order valence-corrected chi connectivity index (χ0v) is 18.4. The molecule has 3 rings (SSSR count). The monoisotopic (exact) mass is 445 g/mol. The molecular weight excluding hydrogens is 422 g/mol. The number of carbonyl (C=O) groups is 1. The SMILES string of the molecule is CC1=C(C(=O)Nc2ccc(S(N)(=O)=O)cc2)C(c2ccc(N(C)C)cc2)NC(=S)N1. The number of primary sulfonamides is 1. The van der Waals surface area contributed by atoms with Crippen molar-refractivity contribution >= 4 is 44.6 Å². The van der Waals surface area contributed by atoms with Gasteiger partial charge in [0.05, 0.1) is 16.5 Å². The quantitative estimate of drug-likeness (QED) is 0.519. The number of sulfonamides is 1. The van der Waals surface area contributed by atoms with Crippen molar-refractivity contribution in [2.24, 2.45) is 5.14 Å². The first kappa shape index (κ1) is 21.8. The van der Waals surface area contributed by atoms with Gasteiger partial charge >= 0.3 is 0 Å². The van der Waals surface area contributed by atoms with Gasteiger partial charge in [0, 0.05) is 31.2 Å². The maximum atomic E-state index is 13.1. The van der Waals surface area contributed by atoms with Crippen LogP contribution in [-0.2, 0) is 14.8 Å². The summed E-state index contributed by atoms with van der Waals surface area (Å²) in [4.78, 5) is 15.0. The number of nitrogens with two attached hydrogens (primary N) is 1. The molecule has 1 aliphatic heterocycles. The van der Waals surface area contributed by atoms with Crippen LogP contribution in [0, 0.1) is 0 Å². The van der Waals surface area contributed by atoms with Crippen LogP contribution in [0.5, 0.6) is 0 Å². The van der Waals surface area contributed by atoms with Gasteiger partial charge in [-0.2, -0.15) is 0 Å². The van der Waals surface area contributed by atoms with Gasteiger partial charge in [0.15, 0.2) is 5.11 Å². The van der Waals surface area contributed by atoms with E-state index < -0.39 is 16.1 Å². The Morgan fingerprint density at radius 1 is 1.10 bits per heavy atom. The molecule has 0 saturated heterocycles. The van der Waals surface area contributed by atoms with Gasteiger partial charge < -0.3 is 20.9 Å². The van der Waals surface area contributed by atoms with Crippen molar-refractivity contribution in [3.63, 3.8) is 0 Å². The van der Waals surface area contributed by atoms with Crippen LogP contribution in [0.1, 0.15) is 18.5 Å². The molecule has 0 bridgehead atoms. The van der Waals surface area contributed by atoms with Gasteiger partial charge in [0.25, 0.3) is 5.91 Å². The van der Waals surface area contributed by atoms with E-state index in [1.165, 1.54) is 24.3 Å². The number of nitrogens with one attached hydrogen (secondary N) is 3. The van der Waals surface area contributed by atoms with Crippen LogP contribution < -0.4 is 26.0 Å². The van der Waals surface area contributed by atoms with Crippen LogP contribution >= 0.6 is 12.2 Å². The number of anilines is 2. The van der Waals surface area contributed by atoms with Gasteiger partial charge in [-0.05, 0) is 61.1 Å². The molecule has 0 spiro atoms. The molecule has 2 aromatic rings. The zero-order valence-electron chi connectivity index (χ0n) is 16.8. The molecule has 1 atom stereocenters. The molecule has 0 radical (unpaired) electrons.